The molecule has 1 heterocycles. The first kappa shape index (κ1) is 12.9. The Hall–Kier alpha value is -2.14. The van der Waals surface area contributed by atoms with E-state index >= 15 is 0 Å². The Morgan fingerprint density at radius 3 is 2.50 bits per heavy atom. The summed E-state index contributed by atoms with van der Waals surface area (Å²) in [5.74, 6) is -0.713. The van der Waals surface area contributed by atoms with Gasteiger partial charge in [0.25, 0.3) is 11.8 Å². The van der Waals surface area contributed by atoms with Gasteiger partial charge in [-0.15, -0.1) is 0 Å². The lowest BCUT2D eigenvalue weighted by Crippen LogP contribution is -2.29. The largest absolute Gasteiger partial charge is 0.398 e. The number of carbonyl (C=O) groups is 2. The highest BCUT2D eigenvalue weighted by Crippen LogP contribution is 2.33. The number of fused-ring (bicyclic) bond motifs is 1. The van der Waals surface area contributed by atoms with E-state index in [-0.39, 0.29) is 17.4 Å². The molecule has 0 bridgehead atoms. The van der Waals surface area contributed by atoms with Crippen LogP contribution in [0.5, 0.6) is 0 Å². The number of aryl methyl sites for hydroxylation is 1. The van der Waals surface area contributed by atoms with Crippen molar-refractivity contribution in [3.8, 4) is 0 Å². The van der Waals surface area contributed by atoms with Gasteiger partial charge in [0, 0.05) is 10.2 Å². The molecule has 100 valence electrons. The molecule has 2 aromatic carbocycles. The van der Waals surface area contributed by atoms with Crippen LogP contribution in [0.4, 0.5) is 11.4 Å². The van der Waals surface area contributed by atoms with Gasteiger partial charge < -0.3 is 5.73 Å². The number of anilines is 2. The minimum absolute atomic E-state index is 0.287. The average molecular weight is 331 g/mol. The van der Waals surface area contributed by atoms with E-state index < -0.39 is 0 Å². The van der Waals surface area contributed by atoms with Crippen LogP contribution in [0.15, 0.2) is 40.9 Å². The van der Waals surface area contributed by atoms with Crippen LogP contribution < -0.4 is 10.6 Å². The van der Waals surface area contributed by atoms with E-state index in [1.54, 1.807) is 30.3 Å². The average Bonchev–Trinajstić information content (AvgIpc) is 2.61. The molecule has 2 aromatic rings. The summed E-state index contributed by atoms with van der Waals surface area (Å²) in [5.41, 5.74) is 8.29. The van der Waals surface area contributed by atoms with Crippen molar-refractivity contribution in [2.24, 2.45) is 0 Å². The Kier molecular flexibility index (Phi) is 2.87. The number of amides is 2. The number of hydrogen-bond donors (Lipinski definition) is 1. The minimum Gasteiger partial charge on any atom is -0.398 e. The lowest BCUT2D eigenvalue weighted by molar-refractivity contribution is 0.0926. The van der Waals surface area contributed by atoms with Crippen LogP contribution >= 0.6 is 15.9 Å². The first-order chi connectivity index (χ1) is 9.49. The standard InChI is InChI=1S/C15H11BrN2O2/c1-8-5-9(16)7-10(6-8)18-14(19)11-3-2-4-12(17)13(11)15(18)20/h2-7H,17H2,1H3. The molecule has 0 radical (unpaired) electrons. The van der Waals surface area contributed by atoms with Crippen LogP contribution in [0.2, 0.25) is 0 Å². The first-order valence-corrected chi connectivity index (χ1v) is 6.83. The molecule has 5 heteroatoms. The molecule has 4 nitrogen and oxygen atoms in total. The predicted octanol–water partition coefficient (Wildman–Crippen LogP) is 3.14. The Balaban J connectivity index is 2.17. The van der Waals surface area contributed by atoms with Crippen molar-refractivity contribution in [1.82, 2.24) is 0 Å². The topological polar surface area (TPSA) is 63.4 Å². The SMILES string of the molecule is Cc1cc(Br)cc(N2C(=O)c3cccc(N)c3C2=O)c1. The molecule has 2 amide bonds. The van der Waals surface area contributed by atoms with E-state index in [1.165, 1.54) is 4.90 Å². The second-order valence-corrected chi connectivity index (χ2v) is 5.62. The van der Waals surface area contributed by atoms with E-state index in [1.807, 2.05) is 13.0 Å². The normalized spacial score (nSPS) is 13.8. The second kappa shape index (κ2) is 4.45. The maximum Gasteiger partial charge on any atom is 0.268 e. The van der Waals surface area contributed by atoms with Crippen LogP contribution in [0.25, 0.3) is 0 Å². The summed E-state index contributed by atoms with van der Waals surface area (Å²) in [6.07, 6.45) is 0. The molecular weight excluding hydrogens is 320 g/mol. The second-order valence-electron chi connectivity index (χ2n) is 4.70. The quantitative estimate of drug-likeness (QED) is 0.645. The van der Waals surface area contributed by atoms with Crippen LogP contribution in [-0.2, 0) is 0 Å². The zero-order valence-corrected chi connectivity index (χ0v) is 12.3. The van der Waals surface area contributed by atoms with Crippen LogP contribution in [-0.4, -0.2) is 11.8 Å². The van der Waals surface area contributed by atoms with E-state index in [2.05, 4.69) is 15.9 Å². The fourth-order valence-corrected chi connectivity index (χ4v) is 2.99. The molecule has 2 N–H and O–H groups in total. The number of rotatable bonds is 1. The van der Waals surface area contributed by atoms with Gasteiger partial charge in [-0.1, -0.05) is 22.0 Å². The molecule has 0 saturated heterocycles. The van der Waals surface area contributed by atoms with Gasteiger partial charge in [-0.3, -0.25) is 9.59 Å². The summed E-state index contributed by atoms with van der Waals surface area (Å²) in [7, 11) is 0. The van der Waals surface area contributed by atoms with Gasteiger partial charge in [-0.05, 0) is 42.8 Å². The monoisotopic (exact) mass is 330 g/mol. The number of hydrogen-bond acceptors (Lipinski definition) is 3. The Labute approximate surface area is 124 Å². The summed E-state index contributed by atoms with van der Waals surface area (Å²) < 4.78 is 0.817. The molecule has 3 rings (SSSR count). The molecule has 0 unspecified atom stereocenters. The fourth-order valence-electron chi connectivity index (χ4n) is 2.39. The third-order valence-electron chi connectivity index (χ3n) is 3.23. The summed E-state index contributed by atoms with van der Waals surface area (Å²) in [5, 5.41) is 0. The number of benzene rings is 2. The molecule has 0 saturated carbocycles. The summed E-state index contributed by atoms with van der Waals surface area (Å²) in [4.78, 5) is 26.0. The minimum atomic E-state index is -0.374. The summed E-state index contributed by atoms with van der Waals surface area (Å²) in [6.45, 7) is 1.90. The summed E-state index contributed by atoms with van der Waals surface area (Å²) >= 11 is 3.38. The third kappa shape index (κ3) is 1.82. The van der Waals surface area contributed by atoms with Crippen molar-refractivity contribution < 1.29 is 9.59 Å². The van der Waals surface area contributed by atoms with Crippen molar-refractivity contribution in [1.29, 1.82) is 0 Å². The van der Waals surface area contributed by atoms with Crippen molar-refractivity contribution >= 4 is 39.1 Å². The molecule has 0 fully saturated rings. The molecule has 0 atom stereocenters. The van der Waals surface area contributed by atoms with Gasteiger partial charge in [-0.25, -0.2) is 4.90 Å². The lowest BCUT2D eigenvalue weighted by Gasteiger charge is -2.15. The van der Waals surface area contributed by atoms with Crippen LogP contribution in [0, 0.1) is 6.92 Å². The van der Waals surface area contributed by atoms with Gasteiger partial charge in [0.15, 0.2) is 0 Å². The highest BCUT2D eigenvalue weighted by molar-refractivity contribution is 9.10. The highest BCUT2D eigenvalue weighted by atomic mass is 79.9. The number of nitrogen functional groups attached to an aromatic ring is 1. The maximum atomic E-state index is 12.5. The number of carbonyl (C=O) groups excluding carboxylic acids is 2. The molecule has 0 spiro atoms. The molecule has 20 heavy (non-hydrogen) atoms. The predicted molar refractivity (Wildman–Crippen MR) is 80.9 cm³/mol. The molecule has 0 aromatic heterocycles. The van der Waals surface area contributed by atoms with E-state index in [0.717, 1.165) is 10.0 Å². The number of halogens is 1. The maximum absolute atomic E-state index is 12.5. The van der Waals surface area contributed by atoms with Crippen molar-refractivity contribution in [3.05, 3.63) is 57.6 Å². The van der Waals surface area contributed by atoms with Crippen molar-refractivity contribution in [3.63, 3.8) is 0 Å². The first-order valence-electron chi connectivity index (χ1n) is 6.03. The third-order valence-corrected chi connectivity index (χ3v) is 3.69. The van der Waals surface area contributed by atoms with Crippen LogP contribution in [0.3, 0.4) is 0 Å². The van der Waals surface area contributed by atoms with E-state index in [0.29, 0.717) is 16.9 Å². The number of imide groups is 1. The molecule has 0 aliphatic carbocycles. The zero-order valence-electron chi connectivity index (χ0n) is 10.7. The van der Waals surface area contributed by atoms with Gasteiger partial charge >= 0.3 is 0 Å². The van der Waals surface area contributed by atoms with Gasteiger partial charge in [0.05, 0.1) is 16.8 Å². The lowest BCUT2D eigenvalue weighted by atomic mass is 10.1. The van der Waals surface area contributed by atoms with Crippen LogP contribution in [0.1, 0.15) is 26.3 Å². The smallest absolute Gasteiger partial charge is 0.268 e. The number of nitrogens with two attached hydrogens (primary N) is 1. The molecular formula is C15H11BrN2O2. The van der Waals surface area contributed by atoms with Crippen molar-refractivity contribution in [2.45, 2.75) is 6.92 Å². The molecule has 1 aliphatic heterocycles. The zero-order chi connectivity index (χ0) is 14.4. The van der Waals surface area contributed by atoms with Crippen molar-refractivity contribution in [2.75, 3.05) is 10.6 Å². The fraction of sp³-hybridized carbons (Fsp3) is 0.0667. The number of nitrogens with zero attached hydrogens (tertiary/aromatic N) is 1. The van der Waals surface area contributed by atoms with Gasteiger partial charge in [-0.2, -0.15) is 0 Å². The van der Waals surface area contributed by atoms with Gasteiger partial charge in [0.1, 0.15) is 0 Å². The molecule has 1 aliphatic rings. The van der Waals surface area contributed by atoms with E-state index in [9.17, 15) is 9.59 Å². The van der Waals surface area contributed by atoms with Gasteiger partial charge in [0.2, 0.25) is 0 Å². The Bertz CT molecular complexity index is 735. The Morgan fingerprint density at radius 2 is 1.85 bits per heavy atom. The summed E-state index contributed by atoms with van der Waals surface area (Å²) in [6, 6.07) is 10.4. The van der Waals surface area contributed by atoms with E-state index in [4.69, 9.17) is 5.73 Å². The highest BCUT2D eigenvalue weighted by Gasteiger charge is 2.38. The Morgan fingerprint density at radius 1 is 1.10 bits per heavy atom.